The summed E-state index contributed by atoms with van der Waals surface area (Å²) in [5, 5.41) is 2.76. The van der Waals surface area contributed by atoms with Crippen molar-refractivity contribution in [1.82, 2.24) is 0 Å². The Morgan fingerprint density at radius 1 is 0.871 bits per heavy atom. The zero-order chi connectivity index (χ0) is 22.3. The van der Waals surface area contributed by atoms with Gasteiger partial charge in [-0.15, -0.1) is 0 Å². The molecule has 1 unspecified atom stereocenters. The van der Waals surface area contributed by atoms with Gasteiger partial charge in [0.2, 0.25) is 0 Å². The van der Waals surface area contributed by atoms with Crippen LogP contribution in [0.2, 0.25) is 0 Å². The molecule has 0 aliphatic carbocycles. The standard InChI is InChI=1S/C23H24N2O5S/c1-3-22(30-20-13-11-19(29-2)12-14-20)23(26)24-17-9-15-21(16-10-17)31(27,28)25-18-7-5-4-6-8-18/h4-16,22,25H,3H2,1-2H3,(H,24,26). The molecule has 3 aromatic carbocycles. The quantitative estimate of drug-likeness (QED) is 0.518. The third-order valence-corrected chi connectivity index (χ3v) is 5.86. The van der Waals surface area contributed by atoms with Crippen molar-refractivity contribution in [3.63, 3.8) is 0 Å². The lowest BCUT2D eigenvalue weighted by Gasteiger charge is -2.17. The van der Waals surface area contributed by atoms with Gasteiger partial charge in [-0.2, -0.15) is 0 Å². The second-order valence-corrected chi connectivity index (χ2v) is 8.36. The zero-order valence-electron chi connectivity index (χ0n) is 17.2. The van der Waals surface area contributed by atoms with Crippen molar-refractivity contribution >= 4 is 27.3 Å². The van der Waals surface area contributed by atoms with Crippen LogP contribution in [-0.4, -0.2) is 27.5 Å². The summed E-state index contributed by atoms with van der Waals surface area (Å²) in [6, 6.07) is 21.5. The van der Waals surface area contributed by atoms with Crippen molar-refractivity contribution in [2.45, 2.75) is 24.3 Å². The fourth-order valence-corrected chi connectivity index (χ4v) is 3.86. The predicted octanol–water partition coefficient (Wildman–Crippen LogP) is 4.29. The Balaban J connectivity index is 1.64. The third-order valence-electron chi connectivity index (χ3n) is 4.46. The maximum atomic E-state index is 12.6. The Morgan fingerprint density at radius 3 is 2.06 bits per heavy atom. The number of anilines is 2. The molecule has 0 bridgehead atoms. The molecule has 2 N–H and O–H groups in total. The molecule has 0 fully saturated rings. The maximum Gasteiger partial charge on any atom is 0.265 e. The van der Waals surface area contributed by atoms with Crippen LogP contribution in [0.3, 0.4) is 0 Å². The van der Waals surface area contributed by atoms with Gasteiger partial charge in [0.05, 0.1) is 12.0 Å². The summed E-state index contributed by atoms with van der Waals surface area (Å²) in [6.07, 6.45) is -0.234. The molecule has 0 saturated heterocycles. The van der Waals surface area contributed by atoms with Gasteiger partial charge >= 0.3 is 0 Å². The number of carbonyl (C=O) groups is 1. The monoisotopic (exact) mass is 440 g/mol. The van der Waals surface area contributed by atoms with Crippen LogP contribution < -0.4 is 19.5 Å². The minimum absolute atomic E-state index is 0.0934. The molecule has 1 amide bonds. The molecule has 0 saturated carbocycles. The molecule has 1 atom stereocenters. The molecule has 0 aliphatic heterocycles. The number of hydrogen-bond acceptors (Lipinski definition) is 5. The van der Waals surface area contributed by atoms with Gasteiger partial charge in [0, 0.05) is 11.4 Å². The van der Waals surface area contributed by atoms with Crippen LogP contribution in [0, 0.1) is 0 Å². The predicted molar refractivity (Wildman–Crippen MR) is 120 cm³/mol. The van der Waals surface area contributed by atoms with Crippen LogP contribution in [0.4, 0.5) is 11.4 Å². The van der Waals surface area contributed by atoms with Crippen LogP contribution in [0.5, 0.6) is 11.5 Å². The van der Waals surface area contributed by atoms with Gasteiger partial charge in [-0.3, -0.25) is 9.52 Å². The van der Waals surface area contributed by atoms with Gasteiger partial charge in [-0.05, 0) is 67.1 Å². The van der Waals surface area contributed by atoms with E-state index in [2.05, 4.69) is 10.0 Å². The highest BCUT2D eigenvalue weighted by Gasteiger charge is 2.19. The van der Waals surface area contributed by atoms with E-state index in [-0.39, 0.29) is 10.8 Å². The van der Waals surface area contributed by atoms with E-state index in [0.717, 1.165) is 0 Å². The third kappa shape index (κ3) is 5.99. The summed E-state index contributed by atoms with van der Waals surface area (Å²) >= 11 is 0. The first-order valence-electron chi connectivity index (χ1n) is 9.71. The molecule has 3 rings (SSSR count). The number of carbonyl (C=O) groups excluding carboxylic acids is 1. The highest BCUT2D eigenvalue weighted by atomic mass is 32.2. The molecule has 0 heterocycles. The molecule has 8 heteroatoms. The lowest BCUT2D eigenvalue weighted by molar-refractivity contribution is -0.122. The van der Waals surface area contributed by atoms with Gasteiger partial charge in [0.25, 0.3) is 15.9 Å². The van der Waals surface area contributed by atoms with Crippen molar-refractivity contribution in [3.05, 3.63) is 78.9 Å². The Hall–Kier alpha value is -3.52. The fraction of sp³-hybridized carbons (Fsp3) is 0.174. The van der Waals surface area contributed by atoms with E-state index in [1.807, 2.05) is 6.92 Å². The number of nitrogens with one attached hydrogen (secondary N) is 2. The average Bonchev–Trinajstić information content (AvgIpc) is 2.78. The highest BCUT2D eigenvalue weighted by molar-refractivity contribution is 7.92. The van der Waals surface area contributed by atoms with Gasteiger partial charge < -0.3 is 14.8 Å². The lowest BCUT2D eigenvalue weighted by Crippen LogP contribution is -2.32. The van der Waals surface area contributed by atoms with Gasteiger partial charge in [0.15, 0.2) is 6.10 Å². The molecule has 31 heavy (non-hydrogen) atoms. The summed E-state index contributed by atoms with van der Waals surface area (Å²) in [7, 11) is -2.15. The molecule has 0 aliphatic rings. The smallest absolute Gasteiger partial charge is 0.265 e. The first-order valence-corrected chi connectivity index (χ1v) is 11.2. The minimum Gasteiger partial charge on any atom is -0.497 e. The Morgan fingerprint density at radius 2 is 1.48 bits per heavy atom. The minimum atomic E-state index is -3.72. The molecule has 162 valence electrons. The topological polar surface area (TPSA) is 93.7 Å². The first kappa shape index (κ1) is 22.2. The van der Waals surface area contributed by atoms with Crippen LogP contribution >= 0.6 is 0 Å². The van der Waals surface area contributed by atoms with Crippen LogP contribution in [0.15, 0.2) is 83.8 Å². The second-order valence-electron chi connectivity index (χ2n) is 6.68. The van der Waals surface area contributed by atoms with E-state index in [1.54, 1.807) is 61.7 Å². The summed E-state index contributed by atoms with van der Waals surface area (Å²) < 4.78 is 38.4. The summed E-state index contributed by atoms with van der Waals surface area (Å²) in [6.45, 7) is 1.85. The Bertz CT molecular complexity index is 1100. The summed E-state index contributed by atoms with van der Waals surface area (Å²) in [5.74, 6) is 0.925. The van der Waals surface area contributed by atoms with Gasteiger partial charge in [-0.1, -0.05) is 25.1 Å². The van der Waals surface area contributed by atoms with Crippen molar-refractivity contribution in [1.29, 1.82) is 0 Å². The normalized spacial score (nSPS) is 11.9. The molecule has 7 nitrogen and oxygen atoms in total. The zero-order valence-corrected chi connectivity index (χ0v) is 18.1. The summed E-state index contributed by atoms with van der Waals surface area (Å²) in [5.41, 5.74) is 0.946. The van der Waals surface area contributed by atoms with Crippen LogP contribution in [0.25, 0.3) is 0 Å². The van der Waals surface area contributed by atoms with E-state index < -0.39 is 16.1 Å². The van der Waals surface area contributed by atoms with E-state index in [0.29, 0.717) is 29.3 Å². The van der Waals surface area contributed by atoms with Crippen LogP contribution in [-0.2, 0) is 14.8 Å². The van der Waals surface area contributed by atoms with Gasteiger partial charge in [0.1, 0.15) is 11.5 Å². The van der Waals surface area contributed by atoms with Crippen molar-refractivity contribution < 1.29 is 22.7 Å². The molecule has 0 radical (unpaired) electrons. The van der Waals surface area contributed by atoms with Crippen molar-refractivity contribution in [3.8, 4) is 11.5 Å². The number of ether oxygens (including phenoxy) is 2. The van der Waals surface area contributed by atoms with E-state index in [4.69, 9.17) is 9.47 Å². The average molecular weight is 441 g/mol. The number of amides is 1. The number of para-hydroxylation sites is 1. The maximum absolute atomic E-state index is 12.6. The van der Waals surface area contributed by atoms with E-state index in [1.165, 1.54) is 24.3 Å². The Labute approximate surface area is 182 Å². The fourth-order valence-electron chi connectivity index (χ4n) is 2.80. The number of hydrogen-bond donors (Lipinski definition) is 2. The molecular weight excluding hydrogens is 416 g/mol. The van der Waals surface area contributed by atoms with E-state index in [9.17, 15) is 13.2 Å². The molecule has 3 aromatic rings. The number of rotatable bonds is 9. The first-order chi connectivity index (χ1) is 14.9. The lowest BCUT2D eigenvalue weighted by atomic mass is 10.2. The van der Waals surface area contributed by atoms with Gasteiger partial charge in [-0.25, -0.2) is 8.42 Å². The number of methoxy groups -OCH3 is 1. The second kappa shape index (κ2) is 9.99. The highest BCUT2D eigenvalue weighted by Crippen LogP contribution is 2.21. The molecule has 0 spiro atoms. The van der Waals surface area contributed by atoms with E-state index >= 15 is 0 Å². The van der Waals surface area contributed by atoms with Crippen LogP contribution in [0.1, 0.15) is 13.3 Å². The molecular formula is C23H24N2O5S. The SMILES string of the molecule is CCC(Oc1ccc(OC)cc1)C(=O)Nc1ccc(S(=O)(=O)Nc2ccccc2)cc1. The molecule has 0 aromatic heterocycles. The largest absolute Gasteiger partial charge is 0.497 e. The van der Waals surface area contributed by atoms with Crippen molar-refractivity contribution in [2.24, 2.45) is 0 Å². The Kier molecular flexibility index (Phi) is 7.15. The summed E-state index contributed by atoms with van der Waals surface area (Å²) in [4.78, 5) is 12.7. The number of sulfonamides is 1. The van der Waals surface area contributed by atoms with Crippen molar-refractivity contribution in [2.75, 3.05) is 17.1 Å². The number of benzene rings is 3.